The number of anilines is 2. The molecule has 1 aliphatic heterocycles. The van der Waals surface area contributed by atoms with Crippen LogP contribution in [0.25, 0.3) is 0 Å². The molecule has 0 bridgehead atoms. The molecule has 0 aliphatic carbocycles. The first-order valence-electron chi connectivity index (χ1n) is 9.54. The number of carbonyl (C=O) groups excluding carboxylic acids is 1. The number of furan rings is 1. The predicted octanol–water partition coefficient (Wildman–Crippen LogP) is 4.94. The van der Waals surface area contributed by atoms with E-state index in [0.717, 1.165) is 24.1 Å². The average molecular weight is 445 g/mol. The molecule has 156 valence electrons. The first kappa shape index (κ1) is 20.5. The van der Waals surface area contributed by atoms with Crippen LogP contribution in [0.3, 0.4) is 0 Å². The Bertz CT molecular complexity index is 1220. The first-order chi connectivity index (χ1) is 14.3. The van der Waals surface area contributed by atoms with Crippen LogP contribution in [0, 0.1) is 13.8 Å². The van der Waals surface area contributed by atoms with Crippen molar-refractivity contribution in [1.82, 2.24) is 0 Å². The Labute approximate surface area is 180 Å². The van der Waals surface area contributed by atoms with E-state index in [9.17, 15) is 13.2 Å². The summed E-state index contributed by atoms with van der Waals surface area (Å²) in [5, 5.41) is 0.529. The number of fused-ring (bicyclic) bond motifs is 1. The van der Waals surface area contributed by atoms with Gasteiger partial charge in [0.25, 0.3) is 15.9 Å². The highest BCUT2D eigenvalue weighted by Crippen LogP contribution is 2.32. The quantitative estimate of drug-likeness (QED) is 0.617. The van der Waals surface area contributed by atoms with Crippen LogP contribution in [-0.4, -0.2) is 20.9 Å². The zero-order valence-corrected chi connectivity index (χ0v) is 18.2. The number of hydrogen-bond donors (Lipinski definition) is 1. The van der Waals surface area contributed by atoms with Crippen molar-refractivity contribution in [3.05, 3.63) is 76.2 Å². The van der Waals surface area contributed by atoms with E-state index < -0.39 is 10.0 Å². The van der Waals surface area contributed by atoms with Gasteiger partial charge in [0.15, 0.2) is 5.76 Å². The van der Waals surface area contributed by atoms with Gasteiger partial charge in [0, 0.05) is 22.9 Å². The Balaban J connectivity index is 1.63. The Morgan fingerprint density at radius 3 is 2.67 bits per heavy atom. The minimum Gasteiger partial charge on any atom is -0.459 e. The van der Waals surface area contributed by atoms with E-state index in [1.807, 2.05) is 0 Å². The lowest BCUT2D eigenvalue weighted by Gasteiger charge is -2.29. The van der Waals surface area contributed by atoms with Crippen molar-refractivity contribution in [2.24, 2.45) is 0 Å². The van der Waals surface area contributed by atoms with Gasteiger partial charge in [-0.1, -0.05) is 11.6 Å². The topological polar surface area (TPSA) is 79.6 Å². The molecule has 0 saturated heterocycles. The van der Waals surface area contributed by atoms with Gasteiger partial charge in [-0.25, -0.2) is 8.42 Å². The van der Waals surface area contributed by atoms with Crippen molar-refractivity contribution in [2.75, 3.05) is 16.2 Å². The monoisotopic (exact) mass is 444 g/mol. The van der Waals surface area contributed by atoms with E-state index in [1.165, 1.54) is 6.26 Å². The summed E-state index contributed by atoms with van der Waals surface area (Å²) in [4.78, 5) is 14.6. The highest BCUT2D eigenvalue weighted by molar-refractivity contribution is 7.92. The van der Waals surface area contributed by atoms with E-state index in [4.69, 9.17) is 16.0 Å². The molecule has 1 aromatic heterocycles. The van der Waals surface area contributed by atoms with E-state index in [1.54, 1.807) is 61.2 Å². The fourth-order valence-electron chi connectivity index (χ4n) is 3.66. The highest BCUT2D eigenvalue weighted by atomic mass is 35.5. The third-order valence-electron chi connectivity index (χ3n) is 5.17. The second-order valence-electron chi connectivity index (χ2n) is 7.35. The van der Waals surface area contributed by atoms with E-state index in [-0.39, 0.29) is 16.6 Å². The van der Waals surface area contributed by atoms with Crippen LogP contribution in [0.1, 0.15) is 33.7 Å². The van der Waals surface area contributed by atoms with Crippen molar-refractivity contribution in [3.63, 3.8) is 0 Å². The van der Waals surface area contributed by atoms with Gasteiger partial charge in [0.1, 0.15) is 0 Å². The average Bonchev–Trinajstić information content (AvgIpc) is 3.24. The summed E-state index contributed by atoms with van der Waals surface area (Å²) in [5.41, 5.74) is 3.40. The number of benzene rings is 2. The number of nitrogens with one attached hydrogen (secondary N) is 1. The van der Waals surface area contributed by atoms with Gasteiger partial charge in [-0.15, -0.1) is 0 Å². The molecule has 0 spiro atoms. The van der Waals surface area contributed by atoms with Crippen molar-refractivity contribution in [3.8, 4) is 0 Å². The fourth-order valence-corrected chi connectivity index (χ4v) is 5.24. The molecule has 0 radical (unpaired) electrons. The SMILES string of the molecule is Cc1cc(S(=O)(=O)Nc2ccc3c(c2)CCCN3C(=O)c2ccco2)c(C)cc1Cl. The molecule has 30 heavy (non-hydrogen) atoms. The summed E-state index contributed by atoms with van der Waals surface area (Å²) in [5.74, 6) is 0.0720. The van der Waals surface area contributed by atoms with Crippen molar-refractivity contribution in [1.29, 1.82) is 0 Å². The van der Waals surface area contributed by atoms with Gasteiger partial charge >= 0.3 is 0 Å². The van der Waals surface area contributed by atoms with Gasteiger partial charge in [0.05, 0.1) is 11.2 Å². The summed E-state index contributed by atoms with van der Waals surface area (Å²) in [6.45, 7) is 4.07. The molecular weight excluding hydrogens is 424 g/mol. The lowest BCUT2D eigenvalue weighted by molar-refractivity contribution is 0.0958. The van der Waals surface area contributed by atoms with Crippen LogP contribution in [-0.2, 0) is 16.4 Å². The summed E-state index contributed by atoms with van der Waals surface area (Å²) >= 11 is 6.10. The molecule has 1 aliphatic rings. The largest absolute Gasteiger partial charge is 0.459 e. The van der Waals surface area contributed by atoms with Crippen LogP contribution in [0.2, 0.25) is 5.02 Å². The van der Waals surface area contributed by atoms with Crippen LogP contribution in [0.4, 0.5) is 11.4 Å². The van der Waals surface area contributed by atoms with Gasteiger partial charge in [-0.2, -0.15) is 0 Å². The van der Waals surface area contributed by atoms with E-state index >= 15 is 0 Å². The zero-order valence-electron chi connectivity index (χ0n) is 16.6. The lowest BCUT2D eigenvalue weighted by Crippen LogP contribution is -2.35. The molecule has 2 heterocycles. The Morgan fingerprint density at radius 2 is 1.93 bits per heavy atom. The molecule has 0 saturated carbocycles. The van der Waals surface area contributed by atoms with Crippen molar-refractivity contribution >= 4 is 38.9 Å². The van der Waals surface area contributed by atoms with Crippen molar-refractivity contribution in [2.45, 2.75) is 31.6 Å². The number of nitrogens with zero attached hydrogens (tertiary/aromatic N) is 1. The lowest BCUT2D eigenvalue weighted by atomic mass is 10.0. The summed E-state index contributed by atoms with van der Waals surface area (Å²) < 4.78 is 33.8. The molecule has 8 heteroatoms. The smallest absolute Gasteiger partial charge is 0.293 e. The maximum Gasteiger partial charge on any atom is 0.293 e. The van der Waals surface area contributed by atoms with Crippen LogP contribution < -0.4 is 9.62 Å². The molecule has 0 fully saturated rings. The Hall–Kier alpha value is -2.77. The van der Waals surface area contributed by atoms with Crippen LogP contribution in [0.15, 0.2) is 58.0 Å². The molecule has 0 atom stereocenters. The van der Waals surface area contributed by atoms with Gasteiger partial charge in [0.2, 0.25) is 0 Å². The van der Waals surface area contributed by atoms with E-state index in [0.29, 0.717) is 28.4 Å². The number of amides is 1. The van der Waals surface area contributed by atoms with Crippen LogP contribution >= 0.6 is 11.6 Å². The molecule has 6 nitrogen and oxygen atoms in total. The van der Waals surface area contributed by atoms with Crippen molar-refractivity contribution < 1.29 is 17.6 Å². The van der Waals surface area contributed by atoms with Gasteiger partial charge in [-0.05, 0) is 85.8 Å². The normalized spacial score (nSPS) is 13.8. The minimum absolute atomic E-state index is 0.191. The number of rotatable bonds is 4. The fraction of sp³-hybridized carbons (Fsp3) is 0.227. The third kappa shape index (κ3) is 3.82. The molecule has 2 aromatic carbocycles. The number of halogens is 1. The second-order valence-corrected chi connectivity index (χ2v) is 9.41. The van der Waals surface area contributed by atoms with Gasteiger partial charge < -0.3 is 9.32 Å². The van der Waals surface area contributed by atoms with Gasteiger partial charge in [-0.3, -0.25) is 9.52 Å². The Morgan fingerprint density at radius 1 is 1.13 bits per heavy atom. The maximum absolute atomic E-state index is 13.0. The third-order valence-corrected chi connectivity index (χ3v) is 7.10. The zero-order chi connectivity index (χ0) is 21.5. The van der Waals surface area contributed by atoms with Crippen LogP contribution in [0.5, 0.6) is 0 Å². The summed E-state index contributed by atoms with van der Waals surface area (Å²) in [7, 11) is -3.78. The Kier molecular flexibility index (Phi) is 5.34. The maximum atomic E-state index is 13.0. The molecule has 1 N–H and O–H groups in total. The molecule has 0 unspecified atom stereocenters. The predicted molar refractivity (Wildman–Crippen MR) is 117 cm³/mol. The summed E-state index contributed by atoms with van der Waals surface area (Å²) in [6.07, 6.45) is 3.01. The molecule has 4 rings (SSSR count). The highest BCUT2D eigenvalue weighted by Gasteiger charge is 2.26. The second kappa shape index (κ2) is 7.81. The molecular formula is C22H21ClN2O4S. The summed E-state index contributed by atoms with van der Waals surface area (Å²) in [6, 6.07) is 11.8. The number of carbonyl (C=O) groups is 1. The first-order valence-corrected chi connectivity index (χ1v) is 11.4. The van der Waals surface area contributed by atoms with E-state index in [2.05, 4.69) is 4.72 Å². The minimum atomic E-state index is -3.78. The molecule has 3 aromatic rings. The number of sulfonamides is 1. The molecule has 1 amide bonds. The number of aryl methyl sites for hydroxylation is 3. The number of hydrogen-bond acceptors (Lipinski definition) is 4. The standard InChI is InChI=1S/C22H21ClN2O4S/c1-14-12-21(15(2)11-18(14)23)30(27,28)24-17-7-8-19-16(13-17)5-3-9-25(19)22(26)20-6-4-10-29-20/h4,6-8,10-13,24H,3,5,9H2,1-2H3.